The van der Waals surface area contributed by atoms with E-state index in [1.807, 2.05) is 6.08 Å². The van der Waals surface area contributed by atoms with Gasteiger partial charge in [0.05, 0.1) is 25.4 Å². The van der Waals surface area contributed by atoms with Crippen LogP contribution in [-0.4, -0.2) is 47.4 Å². The molecule has 0 saturated carbocycles. The summed E-state index contributed by atoms with van der Waals surface area (Å²) in [7, 11) is 0. The van der Waals surface area contributed by atoms with E-state index in [1.54, 1.807) is 6.08 Å². The summed E-state index contributed by atoms with van der Waals surface area (Å²) < 4.78 is 5.45. The largest absolute Gasteiger partial charge is 0.466 e. The molecule has 0 aromatic heterocycles. The quantitative estimate of drug-likeness (QED) is 0.0322. The fraction of sp³-hybridized carbons (Fsp3) is 0.852. The summed E-state index contributed by atoms with van der Waals surface area (Å²) in [6.45, 7) is 4.80. The van der Waals surface area contributed by atoms with Crippen LogP contribution in [0.1, 0.15) is 271 Å². The predicted molar refractivity (Wildman–Crippen MR) is 259 cm³/mol. The van der Waals surface area contributed by atoms with Crippen molar-refractivity contribution in [3.05, 3.63) is 36.5 Å². The van der Waals surface area contributed by atoms with Crippen LogP contribution in [0, 0.1) is 0 Å². The van der Waals surface area contributed by atoms with Gasteiger partial charge in [-0.1, -0.05) is 237 Å². The summed E-state index contributed by atoms with van der Waals surface area (Å²) in [4.78, 5) is 24.4. The lowest BCUT2D eigenvalue weighted by atomic mass is 10.0. The third-order valence-corrected chi connectivity index (χ3v) is 11.9. The van der Waals surface area contributed by atoms with Crippen LogP contribution >= 0.6 is 0 Å². The molecule has 0 aromatic rings. The van der Waals surface area contributed by atoms with Crippen molar-refractivity contribution in [2.75, 3.05) is 13.2 Å². The zero-order chi connectivity index (χ0) is 43.7. The van der Waals surface area contributed by atoms with Crippen molar-refractivity contribution in [2.24, 2.45) is 0 Å². The lowest BCUT2D eigenvalue weighted by Gasteiger charge is -2.20. The number of ether oxygens (including phenoxy) is 1. The summed E-state index contributed by atoms with van der Waals surface area (Å²) in [6, 6.07) is -0.638. The molecule has 0 aliphatic carbocycles. The van der Waals surface area contributed by atoms with Gasteiger partial charge in [-0.25, -0.2) is 0 Å². The highest BCUT2D eigenvalue weighted by atomic mass is 16.5. The van der Waals surface area contributed by atoms with Crippen molar-refractivity contribution >= 4 is 11.9 Å². The summed E-state index contributed by atoms with van der Waals surface area (Å²) in [5, 5.41) is 23.1. The number of hydrogen-bond donors (Lipinski definition) is 3. The Hall–Kier alpha value is -1.92. The minimum atomic E-state index is -0.854. The van der Waals surface area contributed by atoms with Crippen molar-refractivity contribution in [1.82, 2.24) is 5.32 Å². The lowest BCUT2D eigenvalue weighted by Crippen LogP contribution is -2.45. The monoisotopic (exact) mass is 844 g/mol. The van der Waals surface area contributed by atoms with E-state index >= 15 is 0 Å². The van der Waals surface area contributed by atoms with E-state index in [1.165, 1.54) is 173 Å². The van der Waals surface area contributed by atoms with Gasteiger partial charge in [0.25, 0.3) is 0 Å². The van der Waals surface area contributed by atoms with Crippen LogP contribution in [0.3, 0.4) is 0 Å². The molecule has 6 nitrogen and oxygen atoms in total. The molecule has 0 aliphatic heterocycles. The van der Waals surface area contributed by atoms with Gasteiger partial charge in [0.15, 0.2) is 0 Å². The molecule has 6 heteroatoms. The number of aliphatic hydroxyl groups is 2. The lowest BCUT2D eigenvalue weighted by molar-refractivity contribution is -0.143. The molecular formula is C54H101NO5. The smallest absolute Gasteiger partial charge is 0.305 e. The summed E-state index contributed by atoms with van der Waals surface area (Å²) in [5.74, 6) is -0.104. The Morgan fingerprint density at radius 2 is 0.867 bits per heavy atom. The predicted octanol–water partition coefficient (Wildman–Crippen LogP) is 15.7. The molecule has 0 rings (SSSR count). The van der Waals surface area contributed by atoms with Gasteiger partial charge in [-0.15, -0.1) is 0 Å². The van der Waals surface area contributed by atoms with Crippen molar-refractivity contribution < 1.29 is 24.5 Å². The molecule has 0 bridgehead atoms. The van der Waals surface area contributed by atoms with Crippen molar-refractivity contribution in [2.45, 2.75) is 283 Å². The van der Waals surface area contributed by atoms with Crippen LogP contribution in [0.4, 0.5) is 0 Å². The van der Waals surface area contributed by atoms with Crippen molar-refractivity contribution in [3.63, 3.8) is 0 Å². The summed E-state index contributed by atoms with van der Waals surface area (Å²) in [5.41, 5.74) is 0. The third-order valence-electron chi connectivity index (χ3n) is 11.9. The van der Waals surface area contributed by atoms with E-state index in [2.05, 4.69) is 43.5 Å². The van der Waals surface area contributed by atoms with E-state index in [0.717, 1.165) is 70.6 Å². The third kappa shape index (κ3) is 45.6. The molecule has 2 unspecified atom stereocenters. The second kappa shape index (κ2) is 49.7. The maximum absolute atomic E-state index is 12.4. The number of rotatable bonds is 48. The fourth-order valence-electron chi connectivity index (χ4n) is 7.85. The van der Waals surface area contributed by atoms with Crippen LogP contribution in [0.5, 0.6) is 0 Å². The molecule has 0 saturated heterocycles. The minimum absolute atomic E-state index is 0.0225. The van der Waals surface area contributed by atoms with Crippen LogP contribution in [0.2, 0.25) is 0 Å². The van der Waals surface area contributed by atoms with Crippen LogP contribution in [-0.2, 0) is 14.3 Å². The highest BCUT2D eigenvalue weighted by molar-refractivity contribution is 5.76. The molecule has 0 aromatic carbocycles. The topological polar surface area (TPSA) is 95.9 Å². The minimum Gasteiger partial charge on any atom is -0.466 e. The van der Waals surface area contributed by atoms with E-state index in [9.17, 15) is 19.8 Å². The van der Waals surface area contributed by atoms with Gasteiger partial charge in [0, 0.05) is 12.8 Å². The van der Waals surface area contributed by atoms with Gasteiger partial charge < -0.3 is 20.3 Å². The molecule has 60 heavy (non-hydrogen) atoms. The summed E-state index contributed by atoms with van der Waals surface area (Å²) in [6.07, 6.45) is 60.0. The zero-order valence-corrected chi connectivity index (χ0v) is 39.9. The SMILES string of the molecule is CCC/C=C\C/C=C\CCCCCCCC(=O)OCCCCCCCCCCCCCCCC(=O)NC(CO)C(O)/C=C/CCCCCCCCCCCCCCCCC. The van der Waals surface area contributed by atoms with Crippen LogP contribution < -0.4 is 5.32 Å². The second-order valence-corrected chi connectivity index (χ2v) is 17.9. The van der Waals surface area contributed by atoms with Gasteiger partial charge in [-0.3, -0.25) is 9.59 Å². The first-order chi connectivity index (χ1) is 29.5. The first-order valence-electron chi connectivity index (χ1n) is 26.3. The number of hydrogen-bond acceptors (Lipinski definition) is 5. The fourth-order valence-corrected chi connectivity index (χ4v) is 7.85. The standard InChI is InChI=1S/C54H101NO5/c1-3-5-7-9-11-13-15-17-18-19-20-23-26-30-34-38-42-46-52(57)51(50-56)55-53(58)47-43-39-35-31-27-24-21-25-29-33-37-41-45-49-60-54(59)48-44-40-36-32-28-22-16-14-12-10-8-6-4-2/h8,10,14,16,42,46,51-52,56-57H,3-7,9,11-13,15,17-41,43-45,47-50H2,1-2H3,(H,55,58)/b10-8-,16-14-,46-42+. The number of esters is 1. The van der Waals surface area contributed by atoms with Crippen molar-refractivity contribution in [1.29, 1.82) is 0 Å². The molecule has 1 amide bonds. The maximum atomic E-state index is 12.4. The first-order valence-corrected chi connectivity index (χ1v) is 26.3. The van der Waals surface area contributed by atoms with E-state index in [-0.39, 0.29) is 18.5 Å². The number of allylic oxidation sites excluding steroid dienone is 5. The normalized spacial score (nSPS) is 12.9. The highest BCUT2D eigenvalue weighted by Gasteiger charge is 2.18. The molecule has 2 atom stereocenters. The van der Waals surface area contributed by atoms with Gasteiger partial charge in [-0.05, 0) is 57.8 Å². The molecule has 0 fully saturated rings. The molecule has 352 valence electrons. The van der Waals surface area contributed by atoms with E-state index < -0.39 is 12.1 Å². The van der Waals surface area contributed by atoms with Gasteiger partial charge in [0.2, 0.25) is 5.91 Å². The van der Waals surface area contributed by atoms with Gasteiger partial charge >= 0.3 is 5.97 Å². The Morgan fingerprint density at radius 3 is 1.33 bits per heavy atom. The Kier molecular flexibility index (Phi) is 48.1. The number of unbranched alkanes of at least 4 members (excludes halogenated alkanes) is 33. The van der Waals surface area contributed by atoms with Crippen LogP contribution in [0.25, 0.3) is 0 Å². The van der Waals surface area contributed by atoms with Crippen LogP contribution in [0.15, 0.2) is 36.5 Å². The van der Waals surface area contributed by atoms with Gasteiger partial charge in [0.1, 0.15) is 0 Å². The average Bonchev–Trinajstić information content (AvgIpc) is 3.25. The Bertz CT molecular complexity index is 977. The number of carbonyl (C=O) groups excluding carboxylic acids is 2. The Balaban J connectivity index is 3.51. The van der Waals surface area contributed by atoms with E-state index in [0.29, 0.717) is 19.4 Å². The zero-order valence-electron chi connectivity index (χ0n) is 39.9. The molecular weight excluding hydrogens is 743 g/mol. The Morgan fingerprint density at radius 1 is 0.467 bits per heavy atom. The number of amides is 1. The highest BCUT2D eigenvalue weighted by Crippen LogP contribution is 2.16. The summed E-state index contributed by atoms with van der Waals surface area (Å²) >= 11 is 0. The number of carbonyl (C=O) groups is 2. The average molecular weight is 844 g/mol. The molecule has 0 spiro atoms. The number of aliphatic hydroxyl groups excluding tert-OH is 2. The Labute approximate surface area is 373 Å². The molecule has 0 aliphatic rings. The molecule has 0 heterocycles. The maximum Gasteiger partial charge on any atom is 0.305 e. The molecule has 0 radical (unpaired) electrons. The first kappa shape index (κ1) is 58.1. The number of nitrogens with one attached hydrogen (secondary N) is 1. The van der Waals surface area contributed by atoms with Gasteiger partial charge in [-0.2, -0.15) is 0 Å². The van der Waals surface area contributed by atoms with E-state index in [4.69, 9.17) is 4.74 Å². The second-order valence-electron chi connectivity index (χ2n) is 17.9. The molecule has 3 N–H and O–H groups in total. The van der Waals surface area contributed by atoms with Crippen molar-refractivity contribution in [3.8, 4) is 0 Å².